The highest BCUT2D eigenvalue weighted by Crippen LogP contribution is 2.26. The zero-order valence-electron chi connectivity index (χ0n) is 12.9. The highest BCUT2D eigenvalue weighted by molar-refractivity contribution is 5.95. The molecule has 2 N–H and O–H groups in total. The van der Waals surface area contributed by atoms with E-state index in [4.69, 9.17) is 9.47 Å². The van der Waals surface area contributed by atoms with Crippen LogP contribution in [0.2, 0.25) is 0 Å². The predicted molar refractivity (Wildman–Crippen MR) is 86.7 cm³/mol. The van der Waals surface area contributed by atoms with E-state index < -0.39 is 0 Å². The van der Waals surface area contributed by atoms with Crippen molar-refractivity contribution in [3.05, 3.63) is 48.3 Å². The molecule has 1 aromatic heterocycles. The average molecular weight is 313 g/mol. The number of anilines is 1. The maximum absolute atomic E-state index is 12.2. The number of aromatic nitrogens is 1. The number of hydrogen-bond donors (Lipinski definition) is 2. The largest absolute Gasteiger partial charge is 0.455 e. The molecule has 1 amide bonds. The van der Waals surface area contributed by atoms with Crippen LogP contribution in [0.5, 0.6) is 11.5 Å². The lowest BCUT2D eigenvalue weighted by atomic mass is 10.2. The Morgan fingerprint density at radius 1 is 1.43 bits per heavy atom. The van der Waals surface area contributed by atoms with Gasteiger partial charge in [-0.25, -0.2) is 0 Å². The number of nitrogens with zero attached hydrogens (tertiary/aromatic N) is 1. The molecule has 1 aliphatic heterocycles. The highest BCUT2D eigenvalue weighted by atomic mass is 16.5. The second-order valence-electron chi connectivity index (χ2n) is 5.34. The van der Waals surface area contributed by atoms with Gasteiger partial charge in [-0.05, 0) is 42.8 Å². The molecule has 3 rings (SSSR count). The number of pyridine rings is 1. The number of amides is 1. The molecule has 120 valence electrons. The molecular formula is C17H19N3O3. The van der Waals surface area contributed by atoms with Gasteiger partial charge in [0.05, 0.1) is 19.4 Å². The SMILES string of the molecule is Cc1cc(NC(=O)C2COCCN2)ccc1Oc1cccnc1. The van der Waals surface area contributed by atoms with Gasteiger partial charge in [-0.1, -0.05) is 0 Å². The Morgan fingerprint density at radius 2 is 2.35 bits per heavy atom. The lowest BCUT2D eigenvalue weighted by Gasteiger charge is -2.23. The van der Waals surface area contributed by atoms with Crippen LogP contribution in [0.3, 0.4) is 0 Å². The summed E-state index contributed by atoms with van der Waals surface area (Å²) in [6.45, 7) is 3.66. The molecule has 1 unspecified atom stereocenters. The number of nitrogens with one attached hydrogen (secondary N) is 2. The molecule has 0 radical (unpaired) electrons. The Morgan fingerprint density at radius 3 is 3.04 bits per heavy atom. The summed E-state index contributed by atoms with van der Waals surface area (Å²) in [6.07, 6.45) is 3.35. The fourth-order valence-corrected chi connectivity index (χ4v) is 2.34. The van der Waals surface area contributed by atoms with Crippen molar-refractivity contribution in [3.63, 3.8) is 0 Å². The van der Waals surface area contributed by atoms with E-state index in [9.17, 15) is 4.79 Å². The first-order valence-corrected chi connectivity index (χ1v) is 7.53. The Kier molecular flexibility index (Phi) is 4.85. The average Bonchev–Trinajstić information content (AvgIpc) is 2.59. The molecule has 0 spiro atoms. The fraction of sp³-hybridized carbons (Fsp3) is 0.294. The van der Waals surface area contributed by atoms with Crippen LogP contribution in [-0.4, -0.2) is 36.7 Å². The van der Waals surface area contributed by atoms with E-state index in [0.29, 0.717) is 25.5 Å². The Bertz CT molecular complexity index is 670. The van der Waals surface area contributed by atoms with Crippen molar-refractivity contribution >= 4 is 11.6 Å². The van der Waals surface area contributed by atoms with Crippen LogP contribution in [0.4, 0.5) is 5.69 Å². The van der Waals surface area contributed by atoms with Crippen LogP contribution in [0.15, 0.2) is 42.7 Å². The van der Waals surface area contributed by atoms with Crippen LogP contribution >= 0.6 is 0 Å². The van der Waals surface area contributed by atoms with Gasteiger partial charge in [0.2, 0.25) is 5.91 Å². The number of hydrogen-bond acceptors (Lipinski definition) is 5. The lowest BCUT2D eigenvalue weighted by molar-refractivity contribution is -0.120. The van der Waals surface area contributed by atoms with Crippen molar-refractivity contribution in [1.29, 1.82) is 0 Å². The third-order valence-electron chi connectivity index (χ3n) is 3.54. The minimum Gasteiger partial charge on any atom is -0.455 e. The lowest BCUT2D eigenvalue weighted by Crippen LogP contribution is -2.48. The molecule has 23 heavy (non-hydrogen) atoms. The summed E-state index contributed by atoms with van der Waals surface area (Å²) in [5.74, 6) is 1.32. The van der Waals surface area contributed by atoms with Crippen LogP contribution in [-0.2, 0) is 9.53 Å². The predicted octanol–water partition coefficient (Wildman–Crippen LogP) is 2.11. The summed E-state index contributed by atoms with van der Waals surface area (Å²) in [5, 5.41) is 6.02. The van der Waals surface area contributed by atoms with Crippen molar-refractivity contribution in [1.82, 2.24) is 10.3 Å². The van der Waals surface area contributed by atoms with Crippen LogP contribution < -0.4 is 15.4 Å². The molecule has 0 saturated carbocycles. The van der Waals surface area contributed by atoms with E-state index >= 15 is 0 Å². The van der Waals surface area contributed by atoms with Gasteiger partial charge < -0.3 is 20.1 Å². The van der Waals surface area contributed by atoms with Gasteiger partial charge in [0.1, 0.15) is 17.5 Å². The number of morpholine rings is 1. The van der Waals surface area contributed by atoms with Gasteiger partial charge >= 0.3 is 0 Å². The van der Waals surface area contributed by atoms with Crippen LogP contribution in [0.25, 0.3) is 0 Å². The second-order valence-corrected chi connectivity index (χ2v) is 5.34. The van der Waals surface area contributed by atoms with Gasteiger partial charge in [0.25, 0.3) is 0 Å². The Labute approximate surface area is 134 Å². The molecule has 0 aliphatic carbocycles. The fourth-order valence-electron chi connectivity index (χ4n) is 2.34. The second kappa shape index (κ2) is 7.21. The van der Waals surface area contributed by atoms with E-state index in [1.165, 1.54) is 0 Å². The minimum absolute atomic E-state index is 0.0926. The number of carbonyl (C=O) groups is 1. The summed E-state index contributed by atoms with van der Waals surface area (Å²) in [5.41, 5.74) is 1.66. The topological polar surface area (TPSA) is 72.5 Å². The van der Waals surface area contributed by atoms with Crippen LogP contribution in [0.1, 0.15) is 5.56 Å². The van der Waals surface area contributed by atoms with Gasteiger partial charge in [0, 0.05) is 18.4 Å². The standard InChI is InChI=1S/C17H19N3O3/c1-12-9-13(20-17(21)15-11-22-8-7-19-15)4-5-16(12)23-14-3-2-6-18-10-14/h2-6,9-10,15,19H,7-8,11H2,1H3,(H,20,21). The van der Waals surface area contributed by atoms with Gasteiger partial charge in [0.15, 0.2) is 0 Å². The minimum atomic E-state index is -0.310. The molecule has 6 nitrogen and oxygen atoms in total. The first-order chi connectivity index (χ1) is 11.2. The third-order valence-corrected chi connectivity index (χ3v) is 3.54. The van der Waals surface area contributed by atoms with Gasteiger partial charge in [-0.3, -0.25) is 9.78 Å². The van der Waals surface area contributed by atoms with Crippen LogP contribution in [0, 0.1) is 6.92 Å². The molecule has 1 aliphatic rings. The molecular weight excluding hydrogens is 294 g/mol. The molecule has 2 aromatic rings. The maximum atomic E-state index is 12.2. The molecule has 1 fully saturated rings. The molecule has 0 bridgehead atoms. The van der Waals surface area contributed by atoms with E-state index in [2.05, 4.69) is 15.6 Å². The molecule has 2 heterocycles. The summed E-state index contributed by atoms with van der Waals surface area (Å²) >= 11 is 0. The van der Waals surface area contributed by atoms with E-state index in [1.807, 2.05) is 37.3 Å². The van der Waals surface area contributed by atoms with Gasteiger partial charge in [-0.2, -0.15) is 0 Å². The Hall–Kier alpha value is -2.44. The zero-order chi connectivity index (χ0) is 16.1. The zero-order valence-corrected chi connectivity index (χ0v) is 12.9. The summed E-state index contributed by atoms with van der Waals surface area (Å²) in [4.78, 5) is 16.2. The van der Waals surface area contributed by atoms with Crippen molar-refractivity contribution in [3.8, 4) is 11.5 Å². The highest BCUT2D eigenvalue weighted by Gasteiger charge is 2.21. The summed E-state index contributed by atoms with van der Waals surface area (Å²) < 4.78 is 11.1. The van der Waals surface area contributed by atoms with E-state index in [0.717, 1.165) is 17.0 Å². The van der Waals surface area contributed by atoms with E-state index in [1.54, 1.807) is 12.4 Å². The molecule has 1 saturated heterocycles. The number of ether oxygens (including phenoxy) is 2. The summed E-state index contributed by atoms with van der Waals surface area (Å²) in [6, 6.07) is 8.89. The van der Waals surface area contributed by atoms with Gasteiger partial charge in [-0.15, -0.1) is 0 Å². The van der Waals surface area contributed by atoms with Crippen molar-refractivity contribution < 1.29 is 14.3 Å². The van der Waals surface area contributed by atoms with Crippen molar-refractivity contribution in [2.24, 2.45) is 0 Å². The monoisotopic (exact) mass is 313 g/mol. The maximum Gasteiger partial charge on any atom is 0.243 e. The van der Waals surface area contributed by atoms with E-state index in [-0.39, 0.29) is 11.9 Å². The smallest absolute Gasteiger partial charge is 0.243 e. The van der Waals surface area contributed by atoms with Crippen molar-refractivity contribution in [2.75, 3.05) is 25.1 Å². The first-order valence-electron chi connectivity index (χ1n) is 7.53. The quantitative estimate of drug-likeness (QED) is 0.904. The summed E-state index contributed by atoms with van der Waals surface area (Å²) in [7, 11) is 0. The first kappa shape index (κ1) is 15.5. The normalized spacial score (nSPS) is 17.5. The molecule has 6 heteroatoms. The molecule has 1 aromatic carbocycles. The van der Waals surface area contributed by atoms with Crippen molar-refractivity contribution in [2.45, 2.75) is 13.0 Å². The number of carbonyl (C=O) groups excluding carboxylic acids is 1. The number of rotatable bonds is 4. The molecule has 1 atom stereocenters. The third kappa shape index (κ3) is 4.06. The number of aryl methyl sites for hydroxylation is 1. The number of benzene rings is 1. The Balaban J connectivity index is 1.65.